The molecule has 2 rings (SSSR count). The molecule has 4 nitrogen and oxygen atoms in total. The fourth-order valence-corrected chi connectivity index (χ4v) is 4.59. The van der Waals surface area contributed by atoms with E-state index in [0.29, 0.717) is 17.1 Å². The number of benzene rings is 1. The summed E-state index contributed by atoms with van der Waals surface area (Å²) >= 11 is 12.4. The van der Waals surface area contributed by atoms with Crippen LogP contribution in [0.2, 0.25) is 10.0 Å². The van der Waals surface area contributed by atoms with Gasteiger partial charge in [-0.1, -0.05) is 36.5 Å². The predicted molar refractivity (Wildman–Crippen MR) is 86.4 cm³/mol. The average molecular weight is 351 g/mol. The molecule has 21 heavy (non-hydrogen) atoms. The van der Waals surface area contributed by atoms with Gasteiger partial charge in [-0.05, 0) is 31.5 Å². The van der Waals surface area contributed by atoms with E-state index in [4.69, 9.17) is 23.2 Å². The Kier molecular flexibility index (Phi) is 5.54. The van der Waals surface area contributed by atoms with Crippen molar-refractivity contribution in [3.63, 3.8) is 0 Å². The van der Waals surface area contributed by atoms with Gasteiger partial charge in [-0.25, -0.2) is 8.42 Å². The van der Waals surface area contributed by atoms with Crippen LogP contribution in [0.15, 0.2) is 17.0 Å². The van der Waals surface area contributed by atoms with E-state index in [9.17, 15) is 8.42 Å². The first-order valence-corrected chi connectivity index (χ1v) is 9.24. The van der Waals surface area contributed by atoms with E-state index in [2.05, 4.69) is 5.32 Å². The number of hydrogen-bond donors (Lipinski definition) is 1. The van der Waals surface area contributed by atoms with Crippen molar-refractivity contribution in [1.82, 2.24) is 9.62 Å². The predicted octanol–water partition coefficient (Wildman–Crippen LogP) is 3.28. The summed E-state index contributed by atoms with van der Waals surface area (Å²) in [5, 5.41) is 3.82. The second kappa shape index (κ2) is 6.84. The lowest BCUT2D eigenvalue weighted by Crippen LogP contribution is -2.41. The van der Waals surface area contributed by atoms with Gasteiger partial charge in [0.1, 0.15) is 4.90 Å². The summed E-state index contributed by atoms with van der Waals surface area (Å²) in [4.78, 5) is 0.135. The molecule has 0 heterocycles. The molecule has 0 bridgehead atoms. The third-order valence-electron chi connectivity index (χ3n) is 3.95. The fourth-order valence-electron chi connectivity index (χ4n) is 2.29. The summed E-state index contributed by atoms with van der Waals surface area (Å²) in [5.74, 6) is 0. The van der Waals surface area contributed by atoms with Gasteiger partial charge in [0, 0.05) is 30.2 Å². The normalized spacial score (nSPS) is 16.2. The molecule has 1 aliphatic carbocycles. The summed E-state index contributed by atoms with van der Waals surface area (Å²) in [6, 6.07) is 3.17. The van der Waals surface area contributed by atoms with Crippen LogP contribution in [-0.4, -0.2) is 32.4 Å². The van der Waals surface area contributed by atoms with Gasteiger partial charge < -0.3 is 5.32 Å². The van der Waals surface area contributed by atoms with Gasteiger partial charge in [0.15, 0.2) is 0 Å². The molecule has 1 aliphatic rings. The number of nitrogens with zero attached hydrogens (tertiary/aromatic N) is 1. The van der Waals surface area contributed by atoms with Gasteiger partial charge in [-0.2, -0.15) is 4.31 Å². The number of sulfonamides is 1. The van der Waals surface area contributed by atoms with Crippen molar-refractivity contribution >= 4 is 33.2 Å². The fraction of sp³-hybridized carbons (Fsp3) is 0.571. The molecule has 0 saturated heterocycles. The molecule has 0 unspecified atom stereocenters. The van der Waals surface area contributed by atoms with Crippen molar-refractivity contribution in [2.75, 3.05) is 13.6 Å². The van der Waals surface area contributed by atoms with Gasteiger partial charge >= 0.3 is 0 Å². The lowest BCUT2D eigenvalue weighted by atomic mass is 9.94. The maximum atomic E-state index is 12.7. The van der Waals surface area contributed by atoms with E-state index in [0.717, 1.165) is 25.8 Å². The molecule has 0 amide bonds. The summed E-state index contributed by atoms with van der Waals surface area (Å²) in [6.45, 7) is 3.17. The smallest absolute Gasteiger partial charge is 0.244 e. The highest BCUT2D eigenvalue weighted by Gasteiger charge is 2.33. The highest BCUT2D eigenvalue weighted by Crippen LogP contribution is 2.35. The second-order valence-corrected chi connectivity index (χ2v) is 7.98. The molecule has 0 radical (unpaired) electrons. The number of rotatable bonds is 6. The van der Waals surface area contributed by atoms with E-state index in [1.54, 1.807) is 13.1 Å². The van der Waals surface area contributed by atoms with Gasteiger partial charge in [0.25, 0.3) is 0 Å². The van der Waals surface area contributed by atoms with E-state index >= 15 is 0 Å². The minimum absolute atomic E-state index is 0.0824. The van der Waals surface area contributed by atoms with Crippen LogP contribution in [0, 0.1) is 0 Å². The lowest BCUT2D eigenvalue weighted by Gasteiger charge is -2.34. The SMILES string of the molecule is CCNCc1c(Cl)ccc(S(=O)(=O)N(C)C2CCC2)c1Cl. The topological polar surface area (TPSA) is 49.4 Å². The molecule has 1 fully saturated rings. The largest absolute Gasteiger partial charge is 0.313 e. The van der Waals surface area contributed by atoms with Crippen molar-refractivity contribution in [2.24, 2.45) is 0 Å². The standard InChI is InChI=1S/C14H20Cl2N2O2S/c1-3-17-9-11-12(15)7-8-13(14(11)16)21(19,20)18(2)10-5-4-6-10/h7-8,10,17H,3-6,9H2,1-2H3. The molecule has 0 spiro atoms. The monoisotopic (exact) mass is 350 g/mol. The Morgan fingerprint density at radius 1 is 1.33 bits per heavy atom. The van der Waals surface area contributed by atoms with Gasteiger partial charge in [-0.15, -0.1) is 0 Å². The Morgan fingerprint density at radius 2 is 2.00 bits per heavy atom. The van der Waals surface area contributed by atoms with Crippen LogP contribution in [0.5, 0.6) is 0 Å². The molecular formula is C14H20Cl2N2O2S. The Hall–Kier alpha value is -0.330. The minimum atomic E-state index is -3.58. The molecule has 1 saturated carbocycles. The zero-order valence-corrected chi connectivity index (χ0v) is 14.5. The number of halogens is 2. The quantitative estimate of drug-likeness (QED) is 0.856. The second-order valence-electron chi connectivity index (χ2n) is 5.22. The lowest BCUT2D eigenvalue weighted by molar-refractivity contribution is 0.249. The van der Waals surface area contributed by atoms with Crippen LogP contribution >= 0.6 is 23.2 Å². The van der Waals surface area contributed by atoms with Crippen molar-refractivity contribution in [3.8, 4) is 0 Å². The van der Waals surface area contributed by atoms with Crippen LogP contribution in [0.4, 0.5) is 0 Å². The van der Waals surface area contributed by atoms with E-state index < -0.39 is 10.0 Å². The Labute approximate surface area is 136 Å². The van der Waals surface area contributed by atoms with Gasteiger partial charge in [0.05, 0.1) is 5.02 Å². The first-order chi connectivity index (χ1) is 9.89. The highest BCUT2D eigenvalue weighted by molar-refractivity contribution is 7.89. The van der Waals surface area contributed by atoms with E-state index in [1.165, 1.54) is 10.4 Å². The van der Waals surface area contributed by atoms with Crippen LogP contribution in [0.1, 0.15) is 31.7 Å². The van der Waals surface area contributed by atoms with Crippen molar-refractivity contribution in [2.45, 2.75) is 43.7 Å². The minimum Gasteiger partial charge on any atom is -0.313 e. The maximum Gasteiger partial charge on any atom is 0.244 e. The van der Waals surface area contributed by atoms with Crippen LogP contribution in [0.25, 0.3) is 0 Å². The molecule has 1 N–H and O–H groups in total. The van der Waals surface area contributed by atoms with Gasteiger partial charge in [0.2, 0.25) is 10.0 Å². The Bertz CT molecular complexity index is 616. The van der Waals surface area contributed by atoms with Crippen LogP contribution in [-0.2, 0) is 16.6 Å². The number of hydrogen-bond acceptors (Lipinski definition) is 3. The highest BCUT2D eigenvalue weighted by atomic mass is 35.5. The average Bonchev–Trinajstić information content (AvgIpc) is 2.36. The molecule has 0 aromatic heterocycles. The molecule has 1 aromatic carbocycles. The van der Waals surface area contributed by atoms with Crippen molar-refractivity contribution in [3.05, 3.63) is 27.7 Å². The van der Waals surface area contributed by atoms with Crippen LogP contribution < -0.4 is 5.32 Å². The van der Waals surface area contributed by atoms with E-state index in [-0.39, 0.29) is 16.0 Å². The molecule has 1 aromatic rings. The number of nitrogens with one attached hydrogen (secondary N) is 1. The summed E-state index contributed by atoms with van der Waals surface area (Å²) < 4.78 is 26.8. The molecule has 0 aliphatic heterocycles. The van der Waals surface area contributed by atoms with Crippen molar-refractivity contribution < 1.29 is 8.42 Å². The van der Waals surface area contributed by atoms with Crippen molar-refractivity contribution in [1.29, 1.82) is 0 Å². The Balaban J connectivity index is 2.38. The third kappa shape index (κ3) is 3.37. The van der Waals surface area contributed by atoms with Crippen LogP contribution in [0.3, 0.4) is 0 Å². The summed E-state index contributed by atoms with van der Waals surface area (Å²) in [7, 11) is -1.96. The zero-order valence-electron chi connectivity index (χ0n) is 12.2. The zero-order chi connectivity index (χ0) is 15.6. The molecular weight excluding hydrogens is 331 g/mol. The summed E-state index contributed by atoms with van der Waals surface area (Å²) in [5.41, 5.74) is 0.628. The first kappa shape index (κ1) is 17.0. The van der Waals surface area contributed by atoms with E-state index in [1.807, 2.05) is 6.92 Å². The maximum absolute atomic E-state index is 12.7. The molecule has 7 heteroatoms. The van der Waals surface area contributed by atoms with Gasteiger partial charge in [-0.3, -0.25) is 0 Å². The summed E-state index contributed by atoms with van der Waals surface area (Å²) in [6.07, 6.45) is 2.89. The molecule has 0 atom stereocenters. The first-order valence-electron chi connectivity index (χ1n) is 7.05. The Morgan fingerprint density at radius 3 is 2.52 bits per heavy atom. The third-order valence-corrected chi connectivity index (χ3v) is 6.80. The molecule has 118 valence electrons.